The quantitative estimate of drug-likeness (QED) is 0.576. The maximum absolute atomic E-state index is 10.5. The van der Waals surface area contributed by atoms with Gasteiger partial charge in [-0.25, -0.2) is 0 Å². The van der Waals surface area contributed by atoms with E-state index in [-0.39, 0.29) is 5.91 Å². The Bertz CT molecular complexity index is 166. The smallest absolute Gasteiger partial charge is 0.247 e. The van der Waals surface area contributed by atoms with Gasteiger partial charge < -0.3 is 10.1 Å². The summed E-state index contributed by atoms with van der Waals surface area (Å²) in [6, 6.07) is 0. The topological polar surface area (TPSA) is 38.3 Å². The lowest BCUT2D eigenvalue weighted by Crippen LogP contribution is -2.28. The molecule has 0 fully saturated rings. The molecule has 0 saturated carbocycles. The first-order valence-corrected chi connectivity index (χ1v) is 2.82. The third-order valence-corrected chi connectivity index (χ3v) is 1.34. The second-order valence-corrected chi connectivity index (χ2v) is 2.09. The van der Waals surface area contributed by atoms with Gasteiger partial charge in [-0.05, 0) is 0 Å². The molecule has 1 heterocycles. The van der Waals surface area contributed by atoms with Crippen LogP contribution in [0.15, 0.2) is 11.1 Å². The highest BCUT2D eigenvalue weighted by Gasteiger charge is 2.20. The van der Waals surface area contributed by atoms with Gasteiger partial charge in [0, 0.05) is 13.2 Å². The van der Waals surface area contributed by atoms with Gasteiger partial charge in [-0.1, -0.05) is 11.6 Å². The molecule has 0 saturated heterocycles. The zero-order chi connectivity index (χ0) is 6.85. The molecule has 0 spiro atoms. The van der Waals surface area contributed by atoms with E-state index in [1.54, 1.807) is 0 Å². The molecule has 0 aromatic rings. The van der Waals surface area contributed by atoms with Crippen molar-refractivity contribution in [3.05, 3.63) is 11.1 Å². The minimum Gasteiger partial charge on any atom is -0.356 e. The molecule has 0 aromatic carbocycles. The van der Waals surface area contributed by atoms with Crippen LogP contribution in [-0.4, -0.2) is 19.2 Å². The van der Waals surface area contributed by atoms with Crippen LogP contribution >= 0.6 is 11.6 Å². The third kappa shape index (κ3) is 1.23. The molecule has 0 radical (unpaired) electrons. The minimum absolute atomic E-state index is 0.202. The fourth-order valence-electron chi connectivity index (χ4n) is 0.612. The lowest BCUT2D eigenvalue weighted by atomic mass is 10.5. The first kappa shape index (κ1) is 6.58. The van der Waals surface area contributed by atoms with E-state index in [9.17, 15) is 4.79 Å². The van der Waals surface area contributed by atoms with E-state index in [0.29, 0.717) is 5.03 Å². The van der Waals surface area contributed by atoms with Crippen molar-refractivity contribution in [1.29, 1.82) is 0 Å². The van der Waals surface area contributed by atoms with E-state index < -0.39 is 6.23 Å². The van der Waals surface area contributed by atoms with Crippen molar-refractivity contribution in [2.75, 3.05) is 7.11 Å². The number of halogens is 1. The Morgan fingerprint density at radius 1 is 1.89 bits per heavy atom. The van der Waals surface area contributed by atoms with Crippen molar-refractivity contribution in [2.45, 2.75) is 6.23 Å². The molecule has 1 unspecified atom stereocenters. The van der Waals surface area contributed by atoms with Crippen molar-refractivity contribution >= 4 is 17.5 Å². The number of amides is 1. The minimum atomic E-state index is -0.431. The summed E-state index contributed by atoms with van der Waals surface area (Å²) in [5.74, 6) is -0.202. The van der Waals surface area contributed by atoms with Gasteiger partial charge in [-0.15, -0.1) is 0 Å². The predicted molar refractivity (Wildman–Crippen MR) is 32.9 cm³/mol. The number of carbonyl (C=O) groups is 1. The summed E-state index contributed by atoms with van der Waals surface area (Å²) in [4.78, 5) is 10.5. The van der Waals surface area contributed by atoms with Gasteiger partial charge in [-0.3, -0.25) is 4.79 Å². The zero-order valence-electron chi connectivity index (χ0n) is 4.85. The molecule has 4 heteroatoms. The normalized spacial score (nSPS) is 25.8. The Hall–Kier alpha value is -0.540. The number of ether oxygens (including phenoxy) is 1. The van der Waals surface area contributed by atoms with Crippen molar-refractivity contribution in [3.63, 3.8) is 0 Å². The first-order valence-electron chi connectivity index (χ1n) is 2.44. The van der Waals surface area contributed by atoms with Crippen LogP contribution in [0, 0.1) is 0 Å². The average Bonchev–Trinajstić information content (AvgIpc) is 2.10. The van der Waals surface area contributed by atoms with Crippen LogP contribution in [0.2, 0.25) is 0 Å². The van der Waals surface area contributed by atoms with Crippen LogP contribution in [0.25, 0.3) is 0 Å². The zero-order valence-corrected chi connectivity index (χ0v) is 5.61. The van der Waals surface area contributed by atoms with Crippen molar-refractivity contribution < 1.29 is 9.53 Å². The van der Waals surface area contributed by atoms with Crippen LogP contribution in [0.5, 0.6) is 0 Å². The molecule has 0 bridgehead atoms. The number of hydrogen-bond acceptors (Lipinski definition) is 2. The lowest BCUT2D eigenvalue weighted by molar-refractivity contribution is -0.117. The van der Waals surface area contributed by atoms with E-state index in [2.05, 4.69) is 5.32 Å². The summed E-state index contributed by atoms with van der Waals surface area (Å²) >= 11 is 5.53. The molecular weight excluding hydrogens is 142 g/mol. The summed E-state index contributed by atoms with van der Waals surface area (Å²) in [6.45, 7) is 0. The number of methoxy groups -OCH3 is 1. The van der Waals surface area contributed by atoms with Crippen molar-refractivity contribution in [2.24, 2.45) is 0 Å². The van der Waals surface area contributed by atoms with Gasteiger partial charge in [-0.2, -0.15) is 0 Å². The summed E-state index contributed by atoms with van der Waals surface area (Å²) in [5, 5.41) is 2.87. The maximum Gasteiger partial charge on any atom is 0.247 e. The van der Waals surface area contributed by atoms with E-state index in [0.717, 1.165) is 0 Å². The maximum atomic E-state index is 10.5. The summed E-state index contributed by atoms with van der Waals surface area (Å²) in [6.07, 6.45) is 0.870. The van der Waals surface area contributed by atoms with E-state index >= 15 is 0 Å². The Labute approximate surface area is 57.6 Å². The Kier molecular flexibility index (Phi) is 1.73. The van der Waals surface area contributed by atoms with Crippen LogP contribution < -0.4 is 5.32 Å². The molecule has 9 heavy (non-hydrogen) atoms. The van der Waals surface area contributed by atoms with Gasteiger partial charge in [0.25, 0.3) is 0 Å². The van der Waals surface area contributed by atoms with Crippen LogP contribution in [0.4, 0.5) is 0 Å². The van der Waals surface area contributed by atoms with E-state index in [1.165, 1.54) is 13.2 Å². The van der Waals surface area contributed by atoms with E-state index in [4.69, 9.17) is 16.3 Å². The Morgan fingerprint density at radius 2 is 2.56 bits per heavy atom. The predicted octanol–water partition coefficient (Wildman–Crippen LogP) is 0.211. The standard InChI is InChI=1S/C5H6ClNO2/c1-9-5-3(6)2-4(8)7-5/h2,5H,1H3,(H,7,8). The van der Waals surface area contributed by atoms with Crippen LogP contribution in [-0.2, 0) is 9.53 Å². The Balaban J connectivity index is 2.64. The highest BCUT2D eigenvalue weighted by Crippen LogP contribution is 2.13. The number of rotatable bonds is 1. The second kappa shape index (κ2) is 2.37. The molecule has 1 atom stereocenters. The van der Waals surface area contributed by atoms with Gasteiger partial charge in [0.1, 0.15) is 0 Å². The third-order valence-electron chi connectivity index (χ3n) is 1.03. The highest BCUT2D eigenvalue weighted by molar-refractivity contribution is 6.32. The molecule has 3 nitrogen and oxygen atoms in total. The van der Waals surface area contributed by atoms with Gasteiger partial charge in [0.15, 0.2) is 6.23 Å². The molecular formula is C5H6ClNO2. The molecule has 50 valence electrons. The van der Waals surface area contributed by atoms with Crippen molar-refractivity contribution in [1.82, 2.24) is 5.32 Å². The second-order valence-electron chi connectivity index (χ2n) is 1.65. The molecule has 0 aromatic heterocycles. The van der Waals surface area contributed by atoms with E-state index in [1.807, 2.05) is 0 Å². The number of nitrogens with one attached hydrogen (secondary N) is 1. The van der Waals surface area contributed by atoms with Crippen molar-refractivity contribution in [3.8, 4) is 0 Å². The fourth-order valence-corrected chi connectivity index (χ4v) is 0.855. The monoisotopic (exact) mass is 147 g/mol. The summed E-state index contributed by atoms with van der Waals surface area (Å²) in [7, 11) is 1.48. The SMILES string of the molecule is COC1NC(=O)C=C1Cl. The lowest BCUT2D eigenvalue weighted by Gasteiger charge is -2.06. The molecule has 0 aliphatic carbocycles. The highest BCUT2D eigenvalue weighted by atomic mass is 35.5. The molecule has 1 N–H and O–H groups in total. The number of carbonyl (C=O) groups excluding carboxylic acids is 1. The molecule has 1 aliphatic rings. The Morgan fingerprint density at radius 3 is 2.78 bits per heavy atom. The van der Waals surface area contributed by atoms with Crippen LogP contribution in [0.1, 0.15) is 0 Å². The molecule has 1 amide bonds. The molecule has 1 rings (SSSR count). The fraction of sp³-hybridized carbons (Fsp3) is 0.400. The molecule has 1 aliphatic heterocycles. The first-order chi connectivity index (χ1) is 4.24. The number of hydrogen-bond donors (Lipinski definition) is 1. The largest absolute Gasteiger partial charge is 0.356 e. The van der Waals surface area contributed by atoms with Gasteiger partial charge >= 0.3 is 0 Å². The summed E-state index contributed by atoms with van der Waals surface area (Å²) in [5.41, 5.74) is 0. The summed E-state index contributed by atoms with van der Waals surface area (Å²) < 4.78 is 4.76. The van der Waals surface area contributed by atoms with Crippen LogP contribution in [0.3, 0.4) is 0 Å². The average molecular weight is 148 g/mol. The van der Waals surface area contributed by atoms with Gasteiger partial charge in [0.2, 0.25) is 5.91 Å². The van der Waals surface area contributed by atoms with Gasteiger partial charge in [0.05, 0.1) is 5.03 Å².